The van der Waals surface area contributed by atoms with Crippen LogP contribution in [0.2, 0.25) is 0 Å². The van der Waals surface area contributed by atoms with Crippen LogP contribution in [0.25, 0.3) is 10.8 Å². The van der Waals surface area contributed by atoms with E-state index in [1.54, 1.807) is 25.1 Å². The van der Waals surface area contributed by atoms with Crippen molar-refractivity contribution >= 4 is 44.4 Å². The van der Waals surface area contributed by atoms with Gasteiger partial charge in [0.25, 0.3) is 0 Å². The molecule has 0 aromatic heterocycles. The van der Waals surface area contributed by atoms with Gasteiger partial charge < -0.3 is 50.3 Å². The lowest BCUT2D eigenvalue weighted by Crippen LogP contribution is -2.69. The quantitative estimate of drug-likeness (QED) is 0.164. The molecule has 11 nitrogen and oxygen atoms in total. The van der Waals surface area contributed by atoms with E-state index in [4.69, 9.17) is 19.9 Å². The Bertz CT molecular complexity index is 1390. The van der Waals surface area contributed by atoms with Crippen molar-refractivity contribution in [1.82, 2.24) is 0 Å². The molecule has 1 fully saturated rings. The van der Waals surface area contributed by atoms with Gasteiger partial charge in [0, 0.05) is 42.4 Å². The predicted octanol–water partition coefficient (Wildman–Crippen LogP) is 1.47. The van der Waals surface area contributed by atoms with Crippen molar-refractivity contribution in [3.8, 4) is 17.2 Å². The molecule has 0 radical (unpaired) electrons. The molecule has 7 N–H and O–H groups in total. The van der Waals surface area contributed by atoms with E-state index in [0.717, 1.165) is 6.29 Å². The molecular weight excluding hydrogens is 586 g/mol. The molecule has 1 saturated heterocycles. The van der Waals surface area contributed by atoms with Crippen molar-refractivity contribution in [2.24, 2.45) is 17.6 Å². The third kappa shape index (κ3) is 5.41. The van der Waals surface area contributed by atoms with Gasteiger partial charge in [-0.25, -0.2) is 0 Å². The van der Waals surface area contributed by atoms with E-state index in [-0.39, 0.29) is 46.8 Å². The number of aldehydes is 1. The minimum absolute atomic E-state index is 0.0112. The molecule has 0 spiro atoms. The lowest BCUT2D eigenvalue weighted by molar-refractivity contribution is -0.305. The summed E-state index contributed by atoms with van der Waals surface area (Å²) in [5, 5.41) is 57.1. The zero-order valence-electron chi connectivity index (χ0n) is 23.1. The number of ketones is 1. The maximum absolute atomic E-state index is 13.3. The first-order valence-corrected chi connectivity index (χ1v) is 16.1. The number of carbonyl (C=O) groups excluding carboxylic acids is 2. The van der Waals surface area contributed by atoms with E-state index in [0.29, 0.717) is 22.5 Å². The first kappa shape index (κ1) is 31.1. The molecule has 2 aromatic carbocycles. The van der Waals surface area contributed by atoms with Crippen LogP contribution >= 0.6 is 21.6 Å². The zero-order chi connectivity index (χ0) is 30.3. The summed E-state index contributed by atoms with van der Waals surface area (Å²) in [6.07, 6.45) is -4.59. The van der Waals surface area contributed by atoms with E-state index in [1.165, 1.54) is 40.8 Å². The number of aryl methyl sites for hydroxylation is 1. The van der Waals surface area contributed by atoms with Gasteiger partial charge in [-0.3, -0.25) is 4.79 Å². The highest BCUT2D eigenvalue weighted by Gasteiger charge is 2.58. The standard InChI is InChI=1S/C29H35NO10S2/c1-13-9-14-10-15(38-2)11-20-22(14)23(33)21(13)19(32)5-8-41-42-12-17-16(4-7-31)18(30)3-6-29(17,37)27-25(35)24(34)26(36)28(39-20)40-27/h3,6-7,9-11,16-18,24-28,33-37H,4-5,8,12,30H2,1-2H3/t16-,17-,18-,24-,25-,26+,27+,28-,29+/m0/s1. The minimum atomic E-state index is -1.92. The number of rotatable bonds is 3. The van der Waals surface area contributed by atoms with Gasteiger partial charge in [-0.1, -0.05) is 39.8 Å². The van der Waals surface area contributed by atoms with Crippen LogP contribution < -0.4 is 15.2 Å². The summed E-state index contributed by atoms with van der Waals surface area (Å²) in [6, 6.07) is 4.26. The molecule has 3 aliphatic rings. The molecular formula is C29H35NO10S2. The van der Waals surface area contributed by atoms with Crippen LogP contribution in [0.3, 0.4) is 0 Å². The molecule has 2 heterocycles. The summed E-state index contributed by atoms with van der Waals surface area (Å²) in [6.45, 7) is 1.72. The number of phenolic OH excluding ortho intramolecular Hbond substituents is 1. The van der Waals surface area contributed by atoms with E-state index in [1.807, 2.05) is 0 Å². The second kappa shape index (κ2) is 12.3. The fourth-order valence-electron chi connectivity index (χ4n) is 6.19. The number of hydrogen-bond donors (Lipinski definition) is 6. The van der Waals surface area contributed by atoms with Crippen LogP contribution in [0.1, 0.15) is 28.8 Å². The smallest absolute Gasteiger partial charge is 0.229 e. The average Bonchev–Trinajstić information content (AvgIpc) is 2.95. The third-order valence-electron chi connectivity index (χ3n) is 8.43. The fourth-order valence-corrected chi connectivity index (χ4v) is 8.66. The van der Waals surface area contributed by atoms with Crippen LogP contribution in [-0.2, 0) is 9.53 Å². The molecule has 13 heteroatoms. The van der Waals surface area contributed by atoms with Crippen LogP contribution in [0.15, 0.2) is 30.4 Å². The van der Waals surface area contributed by atoms with Gasteiger partial charge in [-0.15, -0.1) is 0 Å². The molecule has 1 aliphatic carbocycles. The number of ether oxygens (including phenoxy) is 3. The molecule has 4 bridgehead atoms. The predicted molar refractivity (Wildman–Crippen MR) is 158 cm³/mol. The van der Waals surface area contributed by atoms with E-state index < -0.39 is 54.2 Å². The molecule has 0 unspecified atom stereocenters. The van der Waals surface area contributed by atoms with Crippen molar-refractivity contribution in [3.63, 3.8) is 0 Å². The Hall–Kier alpha value is -2.36. The number of carbonyl (C=O) groups is 2. The van der Waals surface area contributed by atoms with Crippen LogP contribution in [0, 0.1) is 18.8 Å². The number of aromatic hydroxyl groups is 1. The van der Waals surface area contributed by atoms with Crippen molar-refractivity contribution < 1.29 is 49.3 Å². The van der Waals surface area contributed by atoms with Crippen molar-refractivity contribution in [3.05, 3.63) is 41.5 Å². The van der Waals surface area contributed by atoms with Gasteiger partial charge in [0.05, 0.1) is 18.1 Å². The summed E-state index contributed by atoms with van der Waals surface area (Å²) < 4.78 is 17.6. The second-order valence-corrected chi connectivity index (χ2v) is 13.6. The number of Topliss-reactive ketones (excluding diaryl/α,β-unsaturated/α-hetero) is 1. The van der Waals surface area contributed by atoms with E-state index >= 15 is 0 Å². The Morgan fingerprint density at radius 1 is 1.17 bits per heavy atom. The number of aliphatic hydroxyl groups excluding tert-OH is 3. The van der Waals surface area contributed by atoms with Gasteiger partial charge in [0.1, 0.15) is 53.6 Å². The maximum Gasteiger partial charge on any atom is 0.229 e. The molecule has 9 atom stereocenters. The molecule has 2 aromatic rings. The highest BCUT2D eigenvalue weighted by Crippen LogP contribution is 2.47. The Morgan fingerprint density at radius 3 is 2.64 bits per heavy atom. The Morgan fingerprint density at radius 2 is 1.93 bits per heavy atom. The number of fused-ring (bicyclic) bond motifs is 5. The summed E-state index contributed by atoms with van der Waals surface area (Å²) in [5.41, 5.74) is 5.09. The SMILES string of the molecule is COc1cc2c3c(O)c(c(C)cc3c1)C(=O)CCSSC[C@H]1[C@H](CC=O)[C@@H](N)C=C[C@]1(O)[C@@H]1O[C@H](O2)[C@H](O)[C@@H](O)[C@@H]1O. The highest BCUT2D eigenvalue weighted by atomic mass is 33.1. The van der Waals surface area contributed by atoms with Crippen molar-refractivity contribution in [2.75, 3.05) is 18.6 Å². The number of benzene rings is 2. The number of phenols is 1. The molecule has 228 valence electrons. The van der Waals surface area contributed by atoms with Crippen LogP contribution in [-0.4, -0.2) is 98.6 Å². The number of hydrogen-bond acceptors (Lipinski definition) is 13. The number of aliphatic hydroxyl groups is 4. The van der Waals surface area contributed by atoms with Gasteiger partial charge in [-0.05, 0) is 29.9 Å². The first-order chi connectivity index (χ1) is 20.0. The lowest BCUT2D eigenvalue weighted by Gasteiger charge is -2.51. The second-order valence-electron chi connectivity index (χ2n) is 10.9. The number of methoxy groups -OCH3 is 1. The Balaban J connectivity index is 1.67. The Kier molecular flexibility index (Phi) is 9.12. The highest BCUT2D eigenvalue weighted by molar-refractivity contribution is 8.76. The summed E-state index contributed by atoms with van der Waals surface area (Å²) >= 11 is 0. The lowest BCUT2D eigenvalue weighted by atomic mass is 9.66. The van der Waals surface area contributed by atoms with Crippen molar-refractivity contribution in [1.29, 1.82) is 0 Å². The molecule has 0 saturated carbocycles. The summed E-state index contributed by atoms with van der Waals surface area (Å²) in [4.78, 5) is 24.9. The normalized spacial score (nSPS) is 35.5. The zero-order valence-corrected chi connectivity index (χ0v) is 24.7. The van der Waals surface area contributed by atoms with Gasteiger partial charge in [-0.2, -0.15) is 0 Å². The summed E-state index contributed by atoms with van der Waals surface area (Å²) in [7, 11) is 4.20. The van der Waals surface area contributed by atoms with Crippen LogP contribution in [0.5, 0.6) is 17.2 Å². The molecule has 5 rings (SSSR count). The third-order valence-corrected chi connectivity index (χ3v) is 10.9. The van der Waals surface area contributed by atoms with Gasteiger partial charge in [0.2, 0.25) is 6.29 Å². The average molecular weight is 622 g/mol. The summed E-state index contributed by atoms with van der Waals surface area (Å²) in [5.74, 6) is -0.828. The topological polar surface area (TPSA) is 189 Å². The maximum atomic E-state index is 13.3. The van der Waals surface area contributed by atoms with Crippen molar-refractivity contribution in [2.45, 2.75) is 62.1 Å². The van der Waals surface area contributed by atoms with Gasteiger partial charge in [0.15, 0.2) is 5.78 Å². The Labute approximate surface area is 250 Å². The van der Waals surface area contributed by atoms with E-state index in [2.05, 4.69) is 0 Å². The van der Waals surface area contributed by atoms with Crippen LogP contribution in [0.4, 0.5) is 0 Å². The molecule has 0 amide bonds. The number of nitrogens with two attached hydrogens (primary N) is 1. The largest absolute Gasteiger partial charge is 0.506 e. The minimum Gasteiger partial charge on any atom is -0.506 e. The first-order valence-electron chi connectivity index (χ1n) is 13.6. The molecule has 2 aliphatic heterocycles. The monoisotopic (exact) mass is 621 g/mol. The van der Waals surface area contributed by atoms with E-state index in [9.17, 15) is 35.1 Å². The molecule has 42 heavy (non-hydrogen) atoms. The van der Waals surface area contributed by atoms with Gasteiger partial charge >= 0.3 is 0 Å². The fraction of sp³-hybridized carbons (Fsp3) is 0.517.